The average Bonchev–Trinajstić information content (AvgIpc) is 2.59. The van der Waals surface area contributed by atoms with Gasteiger partial charge in [-0.05, 0) is 31.6 Å². The Bertz CT molecular complexity index is 557. The Morgan fingerprint density at radius 3 is 2.27 bits per heavy atom. The quantitative estimate of drug-likeness (QED) is 0.507. The van der Waals surface area contributed by atoms with Crippen LogP contribution in [0, 0.1) is 5.92 Å². The van der Waals surface area contributed by atoms with Gasteiger partial charge in [-0.1, -0.05) is 0 Å². The van der Waals surface area contributed by atoms with Gasteiger partial charge in [0, 0.05) is 45.8 Å². The molecular weight excluding hydrogens is 364 g/mol. The molecule has 152 valence electrons. The molecule has 2 rings (SSSR count). The van der Waals surface area contributed by atoms with E-state index in [9.17, 15) is 17.2 Å². The molecule has 2 saturated heterocycles. The standard InChI is InChI=1S/C16H31F2N5O2S/c1-19-16(21-14-5-7-22(8-6-14)12-15(17)18)20-11-13-3-9-23(10-4-13)26(2,24)25/h13-15H,3-12H2,1-2H3,(H2,19,20,21). The highest BCUT2D eigenvalue weighted by molar-refractivity contribution is 7.88. The lowest BCUT2D eigenvalue weighted by Crippen LogP contribution is -2.50. The second-order valence-electron chi connectivity index (χ2n) is 7.17. The molecule has 0 aromatic carbocycles. The molecule has 0 amide bonds. The summed E-state index contributed by atoms with van der Waals surface area (Å²) in [4.78, 5) is 6.04. The summed E-state index contributed by atoms with van der Waals surface area (Å²) in [6.07, 6.45) is 2.29. The first-order valence-corrected chi connectivity index (χ1v) is 11.1. The van der Waals surface area contributed by atoms with Gasteiger partial charge in [-0.3, -0.25) is 9.89 Å². The first-order chi connectivity index (χ1) is 12.3. The predicted octanol–water partition coefficient (Wildman–Crippen LogP) is 0.553. The molecule has 2 heterocycles. The van der Waals surface area contributed by atoms with E-state index in [0.29, 0.717) is 32.1 Å². The van der Waals surface area contributed by atoms with Crippen molar-refractivity contribution in [2.24, 2.45) is 10.9 Å². The summed E-state index contributed by atoms with van der Waals surface area (Å²) in [7, 11) is -1.37. The van der Waals surface area contributed by atoms with Crippen LogP contribution in [-0.2, 0) is 10.0 Å². The average molecular weight is 396 g/mol. The third-order valence-electron chi connectivity index (χ3n) is 5.15. The van der Waals surface area contributed by atoms with E-state index in [-0.39, 0.29) is 12.6 Å². The van der Waals surface area contributed by atoms with E-state index < -0.39 is 16.4 Å². The van der Waals surface area contributed by atoms with Crippen LogP contribution in [0.3, 0.4) is 0 Å². The van der Waals surface area contributed by atoms with Crippen LogP contribution in [0.1, 0.15) is 25.7 Å². The van der Waals surface area contributed by atoms with Crippen molar-refractivity contribution < 1.29 is 17.2 Å². The fraction of sp³-hybridized carbons (Fsp3) is 0.938. The zero-order chi connectivity index (χ0) is 19.2. The molecule has 2 aliphatic heterocycles. The van der Waals surface area contributed by atoms with Crippen LogP contribution in [0.25, 0.3) is 0 Å². The molecule has 7 nitrogen and oxygen atoms in total. The number of rotatable bonds is 6. The normalized spacial score (nSPS) is 22.7. The molecule has 2 N–H and O–H groups in total. The van der Waals surface area contributed by atoms with E-state index in [1.807, 2.05) is 0 Å². The van der Waals surface area contributed by atoms with Crippen molar-refractivity contribution in [1.82, 2.24) is 19.8 Å². The molecule has 0 aliphatic carbocycles. The lowest BCUT2D eigenvalue weighted by molar-refractivity contribution is 0.0744. The van der Waals surface area contributed by atoms with Crippen molar-refractivity contribution >= 4 is 16.0 Å². The minimum Gasteiger partial charge on any atom is -0.356 e. The van der Waals surface area contributed by atoms with Crippen molar-refractivity contribution in [2.45, 2.75) is 38.2 Å². The number of sulfonamides is 1. The number of guanidine groups is 1. The number of aliphatic imine (C=N–C) groups is 1. The molecule has 0 saturated carbocycles. The highest BCUT2D eigenvalue weighted by Crippen LogP contribution is 2.18. The van der Waals surface area contributed by atoms with E-state index in [4.69, 9.17) is 0 Å². The molecule has 0 aromatic rings. The van der Waals surface area contributed by atoms with E-state index in [1.165, 1.54) is 10.6 Å². The summed E-state index contributed by atoms with van der Waals surface area (Å²) in [6.45, 7) is 3.08. The Labute approximate surface area is 155 Å². The molecule has 0 radical (unpaired) electrons. The summed E-state index contributed by atoms with van der Waals surface area (Å²) >= 11 is 0. The third-order valence-corrected chi connectivity index (χ3v) is 6.45. The van der Waals surface area contributed by atoms with E-state index in [2.05, 4.69) is 15.6 Å². The largest absolute Gasteiger partial charge is 0.356 e. The molecule has 0 aromatic heterocycles. The fourth-order valence-corrected chi connectivity index (χ4v) is 4.40. The van der Waals surface area contributed by atoms with Gasteiger partial charge in [-0.25, -0.2) is 21.5 Å². The second-order valence-corrected chi connectivity index (χ2v) is 9.15. The second kappa shape index (κ2) is 9.80. The number of piperidine rings is 2. The van der Waals surface area contributed by atoms with Gasteiger partial charge in [0.2, 0.25) is 10.0 Å². The number of alkyl halides is 2. The Morgan fingerprint density at radius 1 is 1.15 bits per heavy atom. The molecule has 10 heteroatoms. The van der Waals surface area contributed by atoms with E-state index in [0.717, 1.165) is 38.2 Å². The van der Waals surface area contributed by atoms with Crippen LogP contribution < -0.4 is 10.6 Å². The summed E-state index contributed by atoms with van der Waals surface area (Å²) < 4.78 is 49.5. The van der Waals surface area contributed by atoms with Gasteiger partial charge in [0.25, 0.3) is 6.43 Å². The summed E-state index contributed by atoms with van der Waals surface area (Å²) in [5, 5.41) is 6.69. The number of hydrogen-bond donors (Lipinski definition) is 2. The van der Waals surface area contributed by atoms with Crippen molar-refractivity contribution in [3.05, 3.63) is 0 Å². The van der Waals surface area contributed by atoms with Crippen molar-refractivity contribution in [3.8, 4) is 0 Å². The zero-order valence-corrected chi connectivity index (χ0v) is 16.4. The molecule has 26 heavy (non-hydrogen) atoms. The van der Waals surface area contributed by atoms with Gasteiger partial charge in [-0.2, -0.15) is 0 Å². The molecule has 2 aliphatic rings. The Balaban J connectivity index is 1.68. The smallest absolute Gasteiger partial charge is 0.251 e. The van der Waals surface area contributed by atoms with Crippen LogP contribution in [0.4, 0.5) is 8.78 Å². The van der Waals surface area contributed by atoms with Crippen LogP contribution in [0.2, 0.25) is 0 Å². The van der Waals surface area contributed by atoms with Gasteiger partial charge in [0.05, 0.1) is 12.8 Å². The molecule has 0 spiro atoms. The van der Waals surface area contributed by atoms with Crippen LogP contribution in [0.5, 0.6) is 0 Å². The first-order valence-electron chi connectivity index (χ1n) is 9.20. The van der Waals surface area contributed by atoms with Crippen LogP contribution >= 0.6 is 0 Å². The van der Waals surface area contributed by atoms with Gasteiger partial charge >= 0.3 is 0 Å². The monoisotopic (exact) mass is 395 g/mol. The fourth-order valence-electron chi connectivity index (χ4n) is 3.53. The maximum atomic E-state index is 12.4. The van der Waals surface area contributed by atoms with Gasteiger partial charge in [0.15, 0.2) is 5.96 Å². The Hall–Kier alpha value is -1.00. The number of halogens is 2. The van der Waals surface area contributed by atoms with Crippen LogP contribution in [0.15, 0.2) is 4.99 Å². The zero-order valence-electron chi connectivity index (χ0n) is 15.6. The minimum absolute atomic E-state index is 0.147. The number of nitrogens with zero attached hydrogens (tertiary/aromatic N) is 3. The van der Waals surface area contributed by atoms with E-state index in [1.54, 1.807) is 11.9 Å². The minimum atomic E-state index is -3.09. The maximum Gasteiger partial charge on any atom is 0.251 e. The van der Waals surface area contributed by atoms with Gasteiger partial charge in [0.1, 0.15) is 0 Å². The Morgan fingerprint density at radius 2 is 1.77 bits per heavy atom. The highest BCUT2D eigenvalue weighted by atomic mass is 32.2. The topological polar surface area (TPSA) is 77.0 Å². The highest BCUT2D eigenvalue weighted by Gasteiger charge is 2.25. The van der Waals surface area contributed by atoms with E-state index >= 15 is 0 Å². The summed E-state index contributed by atoms with van der Waals surface area (Å²) in [5.74, 6) is 1.14. The molecule has 0 bridgehead atoms. The number of hydrogen-bond acceptors (Lipinski definition) is 4. The molecule has 0 unspecified atom stereocenters. The Kier molecular flexibility index (Phi) is 8.03. The van der Waals surface area contributed by atoms with Crippen LogP contribution in [-0.4, -0.2) is 88.6 Å². The maximum absolute atomic E-state index is 12.4. The summed E-state index contributed by atoms with van der Waals surface area (Å²) in [5.41, 5.74) is 0. The van der Waals surface area contributed by atoms with Crippen molar-refractivity contribution in [3.63, 3.8) is 0 Å². The van der Waals surface area contributed by atoms with Crippen molar-refractivity contribution in [2.75, 3.05) is 52.6 Å². The SMILES string of the molecule is CN=C(NCC1CCN(S(C)(=O)=O)CC1)NC1CCN(CC(F)F)CC1. The van der Waals surface area contributed by atoms with Gasteiger partial charge in [-0.15, -0.1) is 0 Å². The molecule has 0 atom stereocenters. The number of likely N-dealkylation sites (tertiary alicyclic amines) is 1. The van der Waals surface area contributed by atoms with Gasteiger partial charge < -0.3 is 10.6 Å². The third kappa shape index (κ3) is 6.96. The first kappa shape index (κ1) is 21.3. The summed E-state index contributed by atoms with van der Waals surface area (Å²) in [6, 6.07) is 0.238. The molecular formula is C16H31F2N5O2S. The lowest BCUT2D eigenvalue weighted by Gasteiger charge is -2.33. The predicted molar refractivity (Wildman–Crippen MR) is 99.1 cm³/mol. The molecule has 2 fully saturated rings. The number of nitrogens with one attached hydrogen (secondary N) is 2. The van der Waals surface area contributed by atoms with Crippen molar-refractivity contribution in [1.29, 1.82) is 0 Å². The lowest BCUT2D eigenvalue weighted by atomic mass is 9.98.